The molecule has 2 amide bonds. The maximum absolute atomic E-state index is 14.5. The van der Waals surface area contributed by atoms with Crippen LogP contribution in [0.4, 0.5) is 20.3 Å². The summed E-state index contributed by atoms with van der Waals surface area (Å²) in [6.45, 7) is 4.97. The molecule has 1 fully saturated rings. The van der Waals surface area contributed by atoms with E-state index >= 15 is 0 Å². The summed E-state index contributed by atoms with van der Waals surface area (Å²) in [5.74, 6) is 6.63. The number of anilines is 2. The number of piperidine rings is 1. The predicted molar refractivity (Wildman–Crippen MR) is 167 cm³/mol. The highest BCUT2D eigenvalue weighted by molar-refractivity contribution is 5.79. The Kier molecular flexibility index (Phi) is 8.90. The minimum atomic E-state index is -2.66. The van der Waals surface area contributed by atoms with Crippen LogP contribution < -0.4 is 10.6 Å². The van der Waals surface area contributed by atoms with Crippen molar-refractivity contribution in [3.05, 3.63) is 46.9 Å². The summed E-state index contributed by atoms with van der Waals surface area (Å²) in [5, 5.41) is 9.40. The maximum atomic E-state index is 14.5. The molecule has 0 aliphatic carbocycles. The lowest BCUT2D eigenvalue weighted by molar-refractivity contribution is -0.131. The Labute approximate surface area is 262 Å². The molecule has 3 aromatic rings. The van der Waals surface area contributed by atoms with Gasteiger partial charge in [0.15, 0.2) is 5.82 Å². The first-order valence-corrected chi connectivity index (χ1v) is 15.8. The molecular formula is C33H40F2N8O2. The summed E-state index contributed by atoms with van der Waals surface area (Å²) in [6.07, 6.45) is 5.31. The van der Waals surface area contributed by atoms with Crippen molar-refractivity contribution in [3.8, 4) is 23.0 Å². The van der Waals surface area contributed by atoms with Crippen LogP contribution in [0.15, 0.2) is 24.5 Å². The molecule has 1 aromatic carbocycles. The number of rotatable bonds is 6. The van der Waals surface area contributed by atoms with Gasteiger partial charge in [-0.3, -0.25) is 19.0 Å². The highest BCUT2D eigenvalue weighted by Gasteiger charge is 2.35. The zero-order valence-corrected chi connectivity index (χ0v) is 25.9. The number of aryl methyl sites for hydroxylation is 2. The number of aromatic nitrogens is 4. The van der Waals surface area contributed by atoms with Crippen molar-refractivity contribution >= 4 is 23.3 Å². The van der Waals surface area contributed by atoms with Crippen molar-refractivity contribution in [2.45, 2.75) is 70.9 Å². The van der Waals surface area contributed by atoms with Crippen LogP contribution in [0.25, 0.3) is 11.1 Å². The van der Waals surface area contributed by atoms with Crippen molar-refractivity contribution in [1.29, 1.82) is 0 Å². The van der Waals surface area contributed by atoms with E-state index in [-0.39, 0.29) is 29.8 Å². The van der Waals surface area contributed by atoms with E-state index in [2.05, 4.69) is 26.5 Å². The average molecular weight is 619 g/mol. The van der Waals surface area contributed by atoms with Gasteiger partial charge in [0.1, 0.15) is 0 Å². The van der Waals surface area contributed by atoms with Crippen molar-refractivity contribution in [2.24, 2.45) is 12.8 Å². The van der Waals surface area contributed by atoms with Crippen LogP contribution in [0.5, 0.6) is 0 Å². The Morgan fingerprint density at radius 3 is 2.58 bits per heavy atom. The molecule has 2 aromatic heterocycles. The second kappa shape index (κ2) is 13.0. The van der Waals surface area contributed by atoms with E-state index in [1.807, 2.05) is 15.9 Å². The fourth-order valence-corrected chi connectivity index (χ4v) is 6.85. The van der Waals surface area contributed by atoms with E-state index in [0.717, 1.165) is 54.0 Å². The molecule has 5 heterocycles. The highest BCUT2D eigenvalue weighted by atomic mass is 19.3. The van der Waals surface area contributed by atoms with E-state index in [0.29, 0.717) is 63.2 Å². The van der Waals surface area contributed by atoms with E-state index < -0.39 is 6.43 Å². The van der Waals surface area contributed by atoms with Gasteiger partial charge in [-0.15, -0.1) is 5.92 Å². The zero-order chi connectivity index (χ0) is 31.7. The predicted octanol–water partition coefficient (Wildman–Crippen LogP) is 4.12. The number of alkyl halides is 2. The molecule has 0 atom stereocenters. The number of carbonyl (C=O) groups excluding carboxylic acids is 2. The van der Waals surface area contributed by atoms with Gasteiger partial charge in [0, 0.05) is 93.8 Å². The molecule has 10 nitrogen and oxygen atoms in total. The lowest BCUT2D eigenvalue weighted by Crippen LogP contribution is -2.40. The standard InChI is InChI=1S/C33H40F2N8O2/c1-22(44)41-16-11-29-28(21-41)33(38-43(29)25-9-14-40(15-10-25)31(45)8-4-3-5-12-36)42-13-6-7-23-17-26(24-19-37-39(2)20-24)27(32(34)35)18-30(23)42/h17-20,25,32H,5-16,21,36H2,1-2H3. The Bertz CT molecular complexity index is 1640. The maximum Gasteiger partial charge on any atom is 0.264 e. The Hall–Kier alpha value is -4.24. The van der Waals surface area contributed by atoms with Gasteiger partial charge in [-0.2, -0.15) is 10.2 Å². The number of carbonyl (C=O) groups is 2. The average Bonchev–Trinajstić information content (AvgIpc) is 3.65. The molecule has 0 bridgehead atoms. The second-order valence-corrected chi connectivity index (χ2v) is 12.1. The van der Waals surface area contributed by atoms with Gasteiger partial charge in [0.25, 0.3) is 6.43 Å². The number of benzene rings is 1. The van der Waals surface area contributed by atoms with Gasteiger partial charge in [-0.1, -0.05) is 5.92 Å². The van der Waals surface area contributed by atoms with Crippen LogP contribution in [0.1, 0.15) is 73.9 Å². The number of nitrogens with zero attached hydrogens (tertiary/aromatic N) is 7. The third kappa shape index (κ3) is 6.18. The molecule has 3 aliphatic heterocycles. The van der Waals surface area contributed by atoms with Crippen LogP contribution in [-0.4, -0.2) is 73.9 Å². The smallest absolute Gasteiger partial charge is 0.264 e. The SMILES string of the molecule is CC(=O)N1CCc2c(c(N3CCCc4cc(-c5cnn(C)c5)c(C(F)F)cc43)nn2C2CCN(C(=O)CC#CCCN)CC2)C1. The van der Waals surface area contributed by atoms with Gasteiger partial charge in [0.05, 0.1) is 25.2 Å². The molecule has 2 N–H and O–H groups in total. The summed E-state index contributed by atoms with van der Waals surface area (Å²) < 4.78 is 32.8. The number of hydrogen-bond donors (Lipinski definition) is 1. The summed E-state index contributed by atoms with van der Waals surface area (Å²) in [5.41, 5.74) is 10.4. The first-order valence-electron chi connectivity index (χ1n) is 15.8. The quantitative estimate of drug-likeness (QED) is 0.417. The lowest BCUT2D eigenvalue weighted by atomic mass is 9.92. The third-order valence-electron chi connectivity index (χ3n) is 9.18. The molecule has 3 aliphatic rings. The monoisotopic (exact) mass is 618 g/mol. The minimum absolute atomic E-state index is 0.000811. The molecule has 0 unspecified atom stereocenters. The van der Waals surface area contributed by atoms with Crippen molar-refractivity contribution in [1.82, 2.24) is 29.4 Å². The summed E-state index contributed by atoms with van der Waals surface area (Å²) in [6, 6.07) is 3.61. The van der Waals surface area contributed by atoms with E-state index in [9.17, 15) is 18.4 Å². The van der Waals surface area contributed by atoms with Crippen LogP contribution in [0, 0.1) is 11.8 Å². The number of fused-ring (bicyclic) bond motifs is 2. The molecule has 238 valence electrons. The molecule has 45 heavy (non-hydrogen) atoms. The lowest BCUT2D eigenvalue weighted by Gasteiger charge is -2.34. The largest absolute Gasteiger partial charge is 0.342 e. The topological polar surface area (TPSA) is 106 Å². The molecule has 1 saturated heterocycles. The normalized spacial score (nSPS) is 16.8. The Balaban J connectivity index is 1.33. The van der Waals surface area contributed by atoms with E-state index in [1.165, 1.54) is 0 Å². The van der Waals surface area contributed by atoms with E-state index in [4.69, 9.17) is 10.8 Å². The number of nitrogens with two attached hydrogens (primary N) is 1. The third-order valence-corrected chi connectivity index (χ3v) is 9.18. The molecule has 12 heteroatoms. The highest BCUT2D eigenvalue weighted by Crippen LogP contribution is 2.43. The first-order chi connectivity index (χ1) is 21.7. The molecule has 6 rings (SSSR count). The molecular weight excluding hydrogens is 578 g/mol. The Morgan fingerprint density at radius 1 is 1.09 bits per heavy atom. The number of halogens is 2. The zero-order valence-electron chi connectivity index (χ0n) is 25.9. The number of likely N-dealkylation sites (tertiary alicyclic amines) is 1. The number of amides is 2. The van der Waals surface area contributed by atoms with Crippen LogP contribution in [0.3, 0.4) is 0 Å². The van der Waals surface area contributed by atoms with Gasteiger partial charge in [-0.25, -0.2) is 8.78 Å². The first kappa shape index (κ1) is 30.8. The summed E-state index contributed by atoms with van der Waals surface area (Å²) in [7, 11) is 1.77. The molecule has 0 radical (unpaired) electrons. The van der Waals surface area contributed by atoms with Gasteiger partial charge >= 0.3 is 0 Å². The van der Waals surface area contributed by atoms with Crippen molar-refractivity contribution in [2.75, 3.05) is 37.6 Å². The van der Waals surface area contributed by atoms with Gasteiger partial charge in [-0.05, 0) is 48.9 Å². The second-order valence-electron chi connectivity index (χ2n) is 12.1. The van der Waals surface area contributed by atoms with Crippen molar-refractivity contribution in [3.63, 3.8) is 0 Å². The van der Waals surface area contributed by atoms with Gasteiger partial charge in [0.2, 0.25) is 11.8 Å². The summed E-state index contributed by atoms with van der Waals surface area (Å²) in [4.78, 5) is 30.9. The van der Waals surface area contributed by atoms with E-state index in [1.54, 1.807) is 37.1 Å². The molecule has 0 saturated carbocycles. The van der Waals surface area contributed by atoms with Crippen LogP contribution in [0.2, 0.25) is 0 Å². The summed E-state index contributed by atoms with van der Waals surface area (Å²) >= 11 is 0. The fraction of sp³-hybridized carbons (Fsp3) is 0.515. The fourth-order valence-electron chi connectivity index (χ4n) is 6.85. The van der Waals surface area contributed by atoms with Gasteiger partial charge < -0.3 is 20.4 Å². The van der Waals surface area contributed by atoms with Crippen LogP contribution >= 0.6 is 0 Å². The van der Waals surface area contributed by atoms with Crippen LogP contribution in [-0.2, 0) is 36.0 Å². The Morgan fingerprint density at radius 2 is 1.89 bits per heavy atom. The number of hydrogen-bond acceptors (Lipinski definition) is 6. The molecule has 0 spiro atoms. The minimum Gasteiger partial charge on any atom is -0.342 e. The van der Waals surface area contributed by atoms with Crippen molar-refractivity contribution < 1.29 is 18.4 Å².